The molecular weight excluding hydrogens is 328 g/mol. The number of hydrogen-bond donors (Lipinski definition) is 2. The Balaban J connectivity index is 2.06. The molecule has 4 nitrogen and oxygen atoms in total. The Morgan fingerprint density at radius 2 is 1.27 bits per heavy atom. The molecule has 0 heterocycles. The van der Waals surface area contributed by atoms with Gasteiger partial charge in [0.15, 0.2) is 0 Å². The van der Waals surface area contributed by atoms with E-state index in [-0.39, 0.29) is 11.1 Å². The van der Waals surface area contributed by atoms with Gasteiger partial charge in [-0.3, -0.25) is 0 Å². The Bertz CT molecular complexity index is 1010. The van der Waals surface area contributed by atoms with Crippen molar-refractivity contribution in [3.05, 3.63) is 95.1 Å². The van der Waals surface area contributed by atoms with Gasteiger partial charge in [-0.15, -0.1) is 0 Å². The SMILES string of the molecule is O=C(O)c1cc(C#Cc2ccccc2-c2ccccc2)cc(C(=O)O)c1. The van der Waals surface area contributed by atoms with Crippen LogP contribution in [0.5, 0.6) is 0 Å². The highest BCUT2D eigenvalue weighted by atomic mass is 16.4. The summed E-state index contributed by atoms with van der Waals surface area (Å²) in [7, 11) is 0. The zero-order valence-electron chi connectivity index (χ0n) is 13.6. The smallest absolute Gasteiger partial charge is 0.335 e. The van der Waals surface area contributed by atoms with Crippen molar-refractivity contribution < 1.29 is 19.8 Å². The highest BCUT2D eigenvalue weighted by molar-refractivity contribution is 5.94. The summed E-state index contributed by atoms with van der Waals surface area (Å²) in [6.45, 7) is 0. The molecular formula is C22H14O4. The molecule has 0 aliphatic rings. The molecule has 0 unspecified atom stereocenters. The predicted octanol–water partition coefficient (Wildman–Crippen LogP) is 4.15. The van der Waals surface area contributed by atoms with Gasteiger partial charge in [0, 0.05) is 11.1 Å². The lowest BCUT2D eigenvalue weighted by atomic mass is 9.99. The summed E-state index contributed by atoms with van der Waals surface area (Å²) < 4.78 is 0. The molecule has 0 saturated heterocycles. The second kappa shape index (κ2) is 7.37. The lowest BCUT2D eigenvalue weighted by molar-refractivity contribution is 0.0696. The van der Waals surface area contributed by atoms with Crippen LogP contribution < -0.4 is 0 Å². The third-order valence-electron chi connectivity index (χ3n) is 3.78. The van der Waals surface area contributed by atoms with E-state index in [1.165, 1.54) is 12.1 Å². The van der Waals surface area contributed by atoms with Crippen molar-refractivity contribution in [2.24, 2.45) is 0 Å². The van der Waals surface area contributed by atoms with Gasteiger partial charge in [0.05, 0.1) is 11.1 Å². The van der Waals surface area contributed by atoms with E-state index in [0.717, 1.165) is 22.8 Å². The number of carbonyl (C=O) groups is 2. The molecule has 0 saturated carbocycles. The number of aromatic carboxylic acids is 2. The zero-order valence-corrected chi connectivity index (χ0v) is 13.6. The minimum atomic E-state index is -1.19. The average Bonchev–Trinajstić information content (AvgIpc) is 2.67. The molecule has 26 heavy (non-hydrogen) atoms. The Morgan fingerprint density at radius 1 is 0.692 bits per heavy atom. The molecule has 0 spiro atoms. The van der Waals surface area contributed by atoms with Gasteiger partial charge in [-0.1, -0.05) is 60.4 Å². The Hall–Kier alpha value is -3.84. The van der Waals surface area contributed by atoms with Gasteiger partial charge in [-0.25, -0.2) is 9.59 Å². The van der Waals surface area contributed by atoms with Crippen molar-refractivity contribution in [3.8, 4) is 23.0 Å². The van der Waals surface area contributed by atoms with E-state index in [9.17, 15) is 9.59 Å². The minimum absolute atomic E-state index is 0.106. The first-order chi connectivity index (χ1) is 12.5. The second-order valence-corrected chi connectivity index (χ2v) is 5.57. The van der Waals surface area contributed by atoms with Crippen LogP contribution in [0.4, 0.5) is 0 Å². The van der Waals surface area contributed by atoms with E-state index in [2.05, 4.69) is 11.8 Å². The summed E-state index contributed by atoms with van der Waals surface area (Å²) in [5.41, 5.74) is 2.87. The van der Waals surface area contributed by atoms with Crippen LogP contribution in [-0.2, 0) is 0 Å². The maximum atomic E-state index is 11.2. The normalized spacial score (nSPS) is 9.85. The molecule has 0 aliphatic carbocycles. The third-order valence-corrected chi connectivity index (χ3v) is 3.78. The topological polar surface area (TPSA) is 74.6 Å². The van der Waals surface area contributed by atoms with Gasteiger partial charge in [0.1, 0.15) is 0 Å². The van der Waals surface area contributed by atoms with E-state index < -0.39 is 11.9 Å². The molecule has 0 fully saturated rings. The van der Waals surface area contributed by atoms with Crippen LogP contribution >= 0.6 is 0 Å². The van der Waals surface area contributed by atoms with Gasteiger partial charge < -0.3 is 10.2 Å². The quantitative estimate of drug-likeness (QED) is 0.701. The molecule has 0 radical (unpaired) electrons. The standard InChI is InChI=1S/C22H14O4/c23-21(24)18-12-15(13-19(14-18)22(25)26)10-11-17-8-4-5-9-20(17)16-6-2-1-3-7-16/h1-9,12-14H,(H,23,24)(H,25,26). The summed E-state index contributed by atoms with van der Waals surface area (Å²) in [6, 6.07) is 21.2. The number of carboxylic acid groups (broad SMARTS) is 2. The van der Waals surface area contributed by atoms with Crippen molar-refractivity contribution in [1.29, 1.82) is 0 Å². The highest BCUT2D eigenvalue weighted by Crippen LogP contribution is 2.22. The van der Waals surface area contributed by atoms with Gasteiger partial charge in [-0.05, 0) is 35.4 Å². The summed E-state index contributed by atoms with van der Waals surface area (Å²) in [5, 5.41) is 18.3. The lowest BCUT2D eigenvalue weighted by Gasteiger charge is -2.04. The van der Waals surface area contributed by atoms with Gasteiger partial charge >= 0.3 is 11.9 Å². The molecule has 0 bridgehead atoms. The van der Waals surface area contributed by atoms with E-state index in [4.69, 9.17) is 10.2 Å². The van der Waals surface area contributed by atoms with E-state index in [1.807, 2.05) is 54.6 Å². The number of benzene rings is 3. The van der Waals surface area contributed by atoms with Crippen molar-refractivity contribution in [2.45, 2.75) is 0 Å². The van der Waals surface area contributed by atoms with Crippen molar-refractivity contribution >= 4 is 11.9 Å². The fourth-order valence-corrected chi connectivity index (χ4v) is 2.55. The molecule has 0 atom stereocenters. The van der Waals surface area contributed by atoms with Crippen molar-refractivity contribution in [2.75, 3.05) is 0 Å². The lowest BCUT2D eigenvalue weighted by Crippen LogP contribution is -2.03. The third kappa shape index (κ3) is 3.80. The summed E-state index contributed by atoms with van der Waals surface area (Å²) in [4.78, 5) is 22.4. The second-order valence-electron chi connectivity index (χ2n) is 5.57. The molecule has 3 rings (SSSR count). The summed E-state index contributed by atoms with van der Waals surface area (Å²) in [5.74, 6) is 3.52. The van der Waals surface area contributed by atoms with E-state index in [1.54, 1.807) is 0 Å². The first kappa shape index (κ1) is 17.0. The van der Waals surface area contributed by atoms with Crippen LogP contribution in [0.2, 0.25) is 0 Å². The number of carboxylic acids is 2. The first-order valence-electron chi connectivity index (χ1n) is 7.83. The predicted molar refractivity (Wildman–Crippen MR) is 98.2 cm³/mol. The summed E-state index contributed by atoms with van der Waals surface area (Å²) in [6.07, 6.45) is 0. The van der Waals surface area contributed by atoms with Crippen molar-refractivity contribution in [1.82, 2.24) is 0 Å². The average molecular weight is 342 g/mol. The fraction of sp³-hybridized carbons (Fsp3) is 0. The fourth-order valence-electron chi connectivity index (χ4n) is 2.55. The van der Waals surface area contributed by atoms with Crippen molar-refractivity contribution in [3.63, 3.8) is 0 Å². The van der Waals surface area contributed by atoms with Crippen LogP contribution in [0.15, 0.2) is 72.8 Å². The summed E-state index contributed by atoms with van der Waals surface area (Å²) >= 11 is 0. The van der Waals surface area contributed by atoms with E-state index in [0.29, 0.717) is 5.56 Å². The maximum Gasteiger partial charge on any atom is 0.335 e. The Morgan fingerprint density at radius 3 is 1.88 bits per heavy atom. The van der Waals surface area contributed by atoms with Crippen LogP contribution in [0.3, 0.4) is 0 Å². The molecule has 2 N–H and O–H groups in total. The molecule has 3 aromatic carbocycles. The minimum Gasteiger partial charge on any atom is -0.478 e. The monoisotopic (exact) mass is 342 g/mol. The Labute approximate surface area is 150 Å². The highest BCUT2D eigenvalue weighted by Gasteiger charge is 2.10. The molecule has 4 heteroatoms. The molecule has 0 amide bonds. The maximum absolute atomic E-state index is 11.2. The first-order valence-corrected chi connectivity index (χ1v) is 7.83. The molecule has 126 valence electrons. The number of rotatable bonds is 3. The molecule has 3 aromatic rings. The largest absolute Gasteiger partial charge is 0.478 e. The van der Waals surface area contributed by atoms with Crippen LogP contribution in [0.25, 0.3) is 11.1 Å². The Kier molecular flexibility index (Phi) is 4.82. The van der Waals surface area contributed by atoms with Crippen LogP contribution in [0, 0.1) is 11.8 Å². The molecule has 0 aliphatic heterocycles. The zero-order chi connectivity index (χ0) is 18.5. The molecule has 0 aromatic heterocycles. The van der Waals surface area contributed by atoms with E-state index >= 15 is 0 Å². The van der Waals surface area contributed by atoms with Crippen LogP contribution in [-0.4, -0.2) is 22.2 Å². The van der Waals surface area contributed by atoms with Gasteiger partial charge in [0.2, 0.25) is 0 Å². The number of hydrogen-bond acceptors (Lipinski definition) is 2. The van der Waals surface area contributed by atoms with Crippen LogP contribution in [0.1, 0.15) is 31.8 Å². The van der Waals surface area contributed by atoms with Gasteiger partial charge in [-0.2, -0.15) is 0 Å². The van der Waals surface area contributed by atoms with Gasteiger partial charge in [0.25, 0.3) is 0 Å².